The van der Waals surface area contributed by atoms with Crippen LogP contribution in [0.4, 0.5) is 0 Å². The molecule has 2 atom stereocenters. The zero-order valence-corrected chi connectivity index (χ0v) is 19.2. The molecule has 0 N–H and O–H groups in total. The molecular weight excluding hydrogens is 394 g/mol. The number of likely N-dealkylation sites (N-methyl/N-ethyl adjacent to an activating group) is 1. The van der Waals surface area contributed by atoms with Gasteiger partial charge in [0.15, 0.2) is 5.82 Å². The van der Waals surface area contributed by atoms with Crippen molar-refractivity contribution < 1.29 is 14.1 Å². The standard InChI is InChI=1S/C23H35N5O3/c1-5-30-19(3)22-24-21(31-25-22)17-27-12-9-13-28(15-14-27)18(2)23(29)26(4)16-20-10-7-6-8-11-20/h6-8,10-11,18-19H,5,9,12-17H2,1-4H3. The van der Waals surface area contributed by atoms with Gasteiger partial charge in [-0.1, -0.05) is 35.5 Å². The van der Waals surface area contributed by atoms with Crippen molar-refractivity contribution in [1.82, 2.24) is 24.8 Å². The number of benzene rings is 1. The number of amides is 1. The molecule has 0 aliphatic carbocycles. The summed E-state index contributed by atoms with van der Waals surface area (Å²) in [6.45, 7) is 11.3. The van der Waals surface area contributed by atoms with E-state index in [2.05, 4.69) is 32.1 Å². The highest BCUT2D eigenvalue weighted by molar-refractivity contribution is 5.81. The second-order valence-corrected chi connectivity index (χ2v) is 8.17. The summed E-state index contributed by atoms with van der Waals surface area (Å²) in [6, 6.07) is 9.96. The summed E-state index contributed by atoms with van der Waals surface area (Å²) in [5.74, 6) is 1.36. The van der Waals surface area contributed by atoms with Crippen LogP contribution in [-0.4, -0.2) is 76.6 Å². The van der Waals surface area contributed by atoms with Gasteiger partial charge in [-0.3, -0.25) is 14.6 Å². The summed E-state index contributed by atoms with van der Waals surface area (Å²) in [4.78, 5) is 23.9. The summed E-state index contributed by atoms with van der Waals surface area (Å²) in [6.07, 6.45) is 0.831. The summed E-state index contributed by atoms with van der Waals surface area (Å²) < 4.78 is 10.9. The molecular formula is C23H35N5O3. The van der Waals surface area contributed by atoms with Gasteiger partial charge in [0.2, 0.25) is 11.8 Å². The van der Waals surface area contributed by atoms with Gasteiger partial charge in [0, 0.05) is 39.8 Å². The molecule has 1 fully saturated rings. The fourth-order valence-electron chi connectivity index (χ4n) is 3.96. The van der Waals surface area contributed by atoms with E-state index in [1.807, 2.05) is 50.9 Å². The lowest BCUT2D eigenvalue weighted by molar-refractivity contribution is -0.135. The molecule has 1 saturated heterocycles. The molecule has 2 heterocycles. The molecule has 8 nitrogen and oxygen atoms in total. The average Bonchev–Trinajstić information content (AvgIpc) is 3.11. The van der Waals surface area contributed by atoms with Crippen molar-refractivity contribution in [3.63, 3.8) is 0 Å². The van der Waals surface area contributed by atoms with Crippen LogP contribution in [0.5, 0.6) is 0 Å². The van der Waals surface area contributed by atoms with Gasteiger partial charge in [0.1, 0.15) is 6.10 Å². The van der Waals surface area contributed by atoms with Crippen LogP contribution in [-0.2, 0) is 22.6 Å². The summed E-state index contributed by atoms with van der Waals surface area (Å²) in [5, 5.41) is 4.05. The maximum absolute atomic E-state index is 13.0. The Kier molecular flexibility index (Phi) is 8.57. The van der Waals surface area contributed by atoms with Gasteiger partial charge < -0.3 is 14.2 Å². The summed E-state index contributed by atoms with van der Waals surface area (Å²) >= 11 is 0. The van der Waals surface area contributed by atoms with Gasteiger partial charge in [-0.2, -0.15) is 4.98 Å². The van der Waals surface area contributed by atoms with Gasteiger partial charge in [0.05, 0.1) is 12.6 Å². The number of hydrogen-bond acceptors (Lipinski definition) is 7. The van der Waals surface area contributed by atoms with Crippen LogP contribution < -0.4 is 0 Å². The second kappa shape index (κ2) is 11.4. The molecule has 0 spiro atoms. The predicted octanol–water partition coefficient (Wildman–Crippen LogP) is 2.72. The molecule has 1 aromatic carbocycles. The molecule has 1 amide bonds. The maximum atomic E-state index is 13.0. The first kappa shape index (κ1) is 23.4. The van der Waals surface area contributed by atoms with Crippen LogP contribution in [0.2, 0.25) is 0 Å². The normalized spacial score (nSPS) is 17.8. The minimum atomic E-state index is -0.165. The van der Waals surface area contributed by atoms with Crippen LogP contribution in [0, 0.1) is 0 Å². The fourth-order valence-corrected chi connectivity index (χ4v) is 3.96. The van der Waals surface area contributed by atoms with Crippen molar-refractivity contribution in [2.45, 2.75) is 52.4 Å². The van der Waals surface area contributed by atoms with Crippen molar-refractivity contribution in [3.05, 3.63) is 47.6 Å². The Balaban J connectivity index is 1.50. The van der Waals surface area contributed by atoms with E-state index in [0.29, 0.717) is 31.4 Å². The Morgan fingerprint density at radius 2 is 1.97 bits per heavy atom. The quantitative estimate of drug-likeness (QED) is 0.607. The molecule has 3 rings (SSSR count). The Morgan fingerprint density at radius 1 is 1.19 bits per heavy atom. The van der Waals surface area contributed by atoms with Crippen molar-refractivity contribution in [2.75, 3.05) is 39.8 Å². The van der Waals surface area contributed by atoms with Crippen LogP contribution >= 0.6 is 0 Å². The van der Waals surface area contributed by atoms with Crippen molar-refractivity contribution in [3.8, 4) is 0 Å². The minimum Gasteiger partial charge on any atom is -0.371 e. The van der Waals surface area contributed by atoms with Crippen molar-refractivity contribution in [2.24, 2.45) is 0 Å². The van der Waals surface area contributed by atoms with E-state index in [1.165, 1.54) is 0 Å². The number of hydrogen-bond donors (Lipinski definition) is 0. The van der Waals surface area contributed by atoms with Crippen LogP contribution in [0.25, 0.3) is 0 Å². The Hall–Kier alpha value is -2.29. The Labute approximate surface area is 185 Å². The first-order chi connectivity index (χ1) is 15.0. The SMILES string of the molecule is CCOC(C)c1noc(CN2CCCN(C(C)C(=O)N(C)Cc3ccccc3)CC2)n1. The number of rotatable bonds is 9. The summed E-state index contributed by atoms with van der Waals surface area (Å²) in [5.41, 5.74) is 1.14. The molecule has 170 valence electrons. The molecule has 0 bridgehead atoms. The topological polar surface area (TPSA) is 74.9 Å². The zero-order chi connectivity index (χ0) is 22.2. The molecule has 8 heteroatoms. The van der Waals surface area contributed by atoms with E-state index in [9.17, 15) is 4.79 Å². The molecule has 1 aliphatic heterocycles. The summed E-state index contributed by atoms with van der Waals surface area (Å²) in [7, 11) is 1.88. The smallest absolute Gasteiger partial charge is 0.240 e. The Morgan fingerprint density at radius 3 is 2.71 bits per heavy atom. The molecule has 31 heavy (non-hydrogen) atoms. The lowest BCUT2D eigenvalue weighted by Gasteiger charge is -2.30. The lowest BCUT2D eigenvalue weighted by atomic mass is 10.2. The van der Waals surface area contributed by atoms with Gasteiger partial charge in [-0.25, -0.2) is 0 Å². The third kappa shape index (κ3) is 6.59. The van der Waals surface area contributed by atoms with Crippen LogP contribution in [0.3, 0.4) is 0 Å². The largest absolute Gasteiger partial charge is 0.371 e. The molecule has 1 aromatic heterocycles. The first-order valence-corrected chi connectivity index (χ1v) is 11.2. The number of carbonyl (C=O) groups is 1. The van der Waals surface area contributed by atoms with Crippen molar-refractivity contribution in [1.29, 1.82) is 0 Å². The lowest BCUT2D eigenvalue weighted by Crippen LogP contribution is -2.46. The number of carbonyl (C=O) groups excluding carboxylic acids is 1. The predicted molar refractivity (Wildman–Crippen MR) is 118 cm³/mol. The maximum Gasteiger partial charge on any atom is 0.240 e. The van der Waals surface area contributed by atoms with E-state index >= 15 is 0 Å². The van der Waals surface area contributed by atoms with E-state index in [0.717, 1.165) is 38.2 Å². The van der Waals surface area contributed by atoms with Gasteiger partial charge in [0.25, 0.3) is 0 Å². The van der Waals surface area contributed by atoms with Crippen LogP contribution in [0.15, 0.2) is 34.9 Å². The highest BCUT2D eigenvalue weighted by atomic mass is 16.5. The zero-order valence-electron chi connectivity index (χ0n) is 19.2. The molecule has 2 unspecified atom stereocenters. The highest BCUT2D eigenvalue weighted by Gasteiger charge is 2.27. The third-order valence-electron chi connectivity index (χ3n) is 5.79. The van der Waals surface area contributed by atoms with E-state index < -0.39 is 0 Å². The number of nitrogens with zero attached hydrogens (tertiary/aromatic N) is 5. The molecule has 2 aromatic rings. The van der Waals surface area contributed by atoms with Gasteiger partial charge >= 0.3 is 0 Å². The van der Waals surface area contributed by atoms with Crippen LogP contribution in [0.1, 0.15) is 50.6 Å². The monoisotopic (exact) mass is 429 g/mol. The van der Waals surface area contributed by atoms with Gasteiger partial charge in [-0.05, 0) is 39.3 Å². The van der Waals surface area contributed by atoms with E-state index in [1.54, 1.807) is 0 Å². The van der Waals surface area contributed by atoms with Gasteiger partial charge in [-0.15, -0.1) is 0 Å². The Bertz CT molecular complexity index is 813. The highest BCUT2D eigenvalue weighted by Crippen LogP contribution is 2.16. The minimum absolute atomic E-state index is 0.143. The molecule has 0 saturated carbocycles. The molecule has 1 aliphatic rings. The fraction of sp³-hybridized carbons (Fsp3) is 0.609. The second-order valence-electron chi connectivity index (χ2n) is 8.17. The molecule has 0 radical (unpaired) electrons. The average molecular weight is 430 g/mol. The van der Waals surface area contributed by atoms with E-state index in [-0.39, 0.29) is 18.1 Å². The first-order valence-electron chi connectivity index (χ1n) is 11.2. The number of aromatic nitrogens is 2. The third-order valence-corrected chi connectivity index (χ3v) is 5.79. The van der Waals surface area contributed by atoms with Crippen molar-refractivity contribution >= 4 is 5.91 Å². The number of ether oxygens (including phenoxy) is 1. The van der Waals surface area contributed by atoms with E-state index in [4.69, 9.17) is 9.26 Å².